The molecule has 0 aromatic heterocycles. The first-order valence-electron chi connectivity index (χ1n) is 9.00. The summed E-state index contributed by atoms with van der Waals surface area (Å²) >= 11 is 0. The molecule has 0 aliphatic carbocycles. The standard InChI is InChI=1S/C19H32N4O.HI/c1-16-9-12-23(13-10-16)18-7-5-17(6-8-18)15-22-19(20-2)21-11-4-14-24-3;/h5-8,16H,4,9-15H2,1-3H3,(H2,20,21,22);1H. The molecule has 0 unspecified atom stereocenters. The summed E-state index contributed by atoms with van der Waals surface area (Å²) in [5.41, 5.74) is 2.61. The maximum atomic E-state index is 5.05. The molecule has 25 heavy (non-hydrogen) atoms. The molecule has 1 saturated heterocycles. The Morgan fingerprint density at radius 2 is 1.88 bits per heavy atom. The molecule has 0 atom stereocenters. The zero-order valence-electron chi connectivity index (χ0n) is 15.8. The van der Waals surface area contributed by atoms with Gasteiger partial charge in [-0.25, -0.2) is 0 Å². The van der Waals surface area contributed by atoms with Crippen LogP contribution in [0.1, 0.15) is 31.7 Å². The maximum Gasteiger partial charge on any atom is 0.191 e. The summed E-state index contributed by atoms with van der Waals surface area (Å²) in [5, 5.41) is 6.64. The summed E-state index contributed by atoms with van der Waals surface area (Å²) in [5.74, 6) is 1.70. The smallest absolute Gasteiger partial charge is 0.191 e. The van der Waals surface area contributed by atoms with Crippen LogP contribution in [0.4, 0.5) is 5.69 Å². The predicted molar refractivity (Wildman–Crippen MR) is 117 cm³/mol. The molecule has 0 amide bonds. The molecule has 1 aromatic rings. The van der Waals surface area contributed by atoms with Crippen LogP contribution in [-0.2, 0) is 11.3 Å². The van der Waals surface area contributed by atoms with Crippen LogP contribution in [0.15, 0.2) is 29.3 Å². The lowest BCUT2D eigenvalue weighted by Crippen LogP contribution is -2.37. The van der Waals surface area contributed by atoms with E-state index in [1.165, 1.54) is 37.2 Å². The van der Waals surface area contributed by atoms with Gasteiger partial charge in [-0.3, -0.25) is 4.99 Å². The summed E-state index contributed by atoms with van der Waals surface area (Å²) in [4.78, 5) is 6.74. The average molecular weight is 460 g/mol. The molecular formula is C19H33IN4O. The number of hydrogen-bond acceptors (Lipinski definition) is 3. The summed E-state index contributed by atoms with van der Waals surface area (Å²) in [6, 6.07) is 8.89. The van der Waals surface area contributed by atoms with Crippen molar-refractivity contribution in [3.8, 4) is 0 Å². The van der Waals surface area contributed by atoms with E-state index in [1.54, 1.807) is 14.2 Å². The molecule has 1 aliphatic rings. The normalized spacial score (nSPS) is 15.6. The Labute approximate surface area is 169 Å². The third kappa shape index (κ3) is 7.81. The lowest BCUT2D eigenvalue weighted by molar-refractivity contribution is 0.195. The molecule has 1 aromatic carbocycles. The predicted octanol–water partition coefficient (Wildman–Crippen LogP) is 3.24. The zero-order valence-corrected chi connectivity index (χ0v) is 18.1. The van der Waals surface area contributed by atoms with Crippen LogP contribution in [0.2, 0.25) is 0 Å². The van der Waals surface area contributed by atoms with Gasteiger partial charge in [0.1, 0.15) is 0 Å². The third-order valence-electron chi connectivity index (χ3n) is 4.59. The highest BCUT2D eigenvalue weighted by Gasteiger charge is 2.15. The summed E-state index contributed by atoms with van der Waals surface area (Å²) in [6.07, 6.45) is 3.57. The Morgan fingerprint density at radius 1 is 1.20 bits per heavy atom. The van der Waals surface area contributed by atoms with E-state index >= 15 is 0 Å². The first-order valence-corrected chi connectivity index (χ1v) is 9.00. The summed E-state index contributed by atoms with van der Waals surface area (Å²) in [6.45, 7) is 7.11. The molecule has 6 heteroatoms. The van der Waals surface area contributed by atoms with Gasteiger partial charge in [0.25, 0.3) is 0 Å². The summed E-state index contributed by atoms with van der Waals surface area (Å²) in [7, 11) is 3.52. The van der Waals surface area contributed by atoms with Crippen molar-refractivity contribution in [3.63, 3.8) is 0 Å². The molecule has 0 spiro atoms. The molecule has 1 aliphatic heterocycles. The molecule has 2 rings (SSSR count). The molecule has 0 saturated carbocycles. The molecule has 1 heterocycles. The quantitative estimate of drug-likeness (QED) is 0.284. The fraction of sp³-hybridized carbons (Fsp3) is 0.632. The average Bonchev–Trinajstić information content (AvgIpc) is 2.62. The van der Waals surface area contributed by atoms with Crippen LogP contribution >= 0.6 is 24.0 Å². The van der Waals surface area contributed by atoms with E-state index in [-0.39, 0.29) is 24.0 Å². The van der Waals surface area contributed by atoms with Gasteiger partial charge in [0, 0.05) is 52.6 Å². The van der Waals surface area contributed by atoms with Gasteiger partial charge in [-0.15, -0.1) is 24.0 Å². The molecule has 1 fully saturated rings. The minimum atomic E-state index is 0. The number of aliphatic imine (C=N–C) groups is 1. The van der Waals surface area contributed by atoms with Crippen molar-refractivity contribution in [2.45, 2.75) is 32.7 Å². The Morgan fingerprint density at radius 3 is 2.48 bits per heavy atom. The number of benzene rings is 1. The van der Waals surface area contributed by atoms with Crippen LogP contribution in [0.5, 0.6) is 0 Å². The van der Waals surface area contributed by atoms with Crippen LogP contribution in [0.25, 0.3) is 0 Å². The SMILES string of the molecule is CN=C(NCCCOC)NCc1ccc(N2CCC(C)CC2)cc1.I. The largest absolute Gasteiger partial charge is 0.385 e. The number of nitrogens with zero attached hydrogens (tertiary/aromatic N) is 2. The Bertz CT molecular complexity index is 499. The Hall–Kier alpha value is -1.02. The highest BCUT2D eigenvalue weighted by molar-refractivity contribution is 14.0. The third-order valence-corrected chi connectivity index (χ3v) is 4.59. The topological polar surface area (TPSA) is 48.9 Å². The van der Waals surface area contributed by atoms with Crippen molar-refractivity contribution < 1.29 is 4.74 Å². The molecular weight excluding hydrogens is 427 g/mol. The minimum absolute atomic E-state index is 0. The second kappa shape index (κ2) is 12.4. The highest BCUT2D eigenvalue weighted by Crippen LogP contribution is 2.23. The molecule has 0 bridgehead atoms. The van der Waals surface area contributed by atoms with E-state index in [2.05, 4.69) is 51.7 Å². The van der Waals surface area contributed by atoms with Crippen LogP contribution in [0, 0.1) is 5.92 Å². The number of methoxy groups -OCH3 is 1. The van der Waals surface area contributed by atoms with Gasteiger partial charge in [-0.2, -0.15) is 0 Å². The fourth-order valence-electron chi connectivity index (χ4n) is 2.92. The number of hydrogen-bond donors (Lipinski definition) is 2. The number of anilines is 1. The van der Waals surface area contributed by atoms with Crippen molar-refractivity contribution in [3.05, 3.63) is 29.8 Å². The number of rotatable bonds is 7. The second-order valence-electron chi connectivity index (χ2n) is 6.53. The van der Waals surface area contributed by atoms with E-state index in [1.807, 2.05) is 0 Å². The number of ether oxygens (including phenoxy) is 1. The summed E-state index contributed by atoms with van der Waals surface area (Å²) < 4.78 is 5.05. The molecule has 2 N–H and O–H groups in total. The zero-order chi connectivity index (χ0) is 17.2. The van der Waals surface area contributed by atoms with Crippen molar-refractivity contribution in [2.24, 2.45) is 10.9 Å². The van der Waals surface area contributed by atoms with Gasteiger partial charge in [0.2, 0.25) is 0 Å². The van der Waals surface area contributed by atoms with Crippen molar-refractivity contribution >= 4 is 35.6 Å². The van der Waals surface area contributed by atoms with E-state index in [0.717, 1.165) is 38.0 Å². The van der Waals surface area contributed by atoms with Crippen molar-refractivity contribution in [1.82, 2.24) is 10.6 Å². The van der Waals surface area contributed by atoms with Crippen LogP contribution in [0.3, 0.4) is 0 Å². The Balaban J connectivity index is 0.00000312. The van der Waals surface area contributed by atoms with E-state index < -0.39 is 0 Å². The van der Waals surface area contributed by atoms with E-state index in [4.69, 9.17) is 4.74 Å². The van der Waals surface area contributed by atoms with E-state index in [0.29, 0.717) is 0 Å². The number of guanidine groups is 1. The van der Waals surface area contributed by atoms with Crippen LogP contribution in [-0.4, -0.2) is 46.4 Å². The first kappa shape index (κ1) is 22.0. The van der Waals surface area contributed by atoms with Crippen molar-refractivity contribution in [1.29, 1.82) is 0 Å². The van der Waals surface area contributed by atoms with Gasteiger partial charge in [-0.1, -0.05) is 19.1 Å². The number of nitrogens with one attached hydrogen (secondary N) is 2. The first-order chi connectivity index (χ1) is 11.7. The van der Waals surface area contributed by atoms with Gasteiger partial charge in [0.05, 0.1) is 0 Å². The van der Waals surface area contributed by atoms with Gasteiger partial charge in [0.15, 0.2) is 5.96 Å². The lowest BCUT2D eigenvalue weighted by atomic mass is 9.99. The van der Waals surface area contributed by atoms with Crippen molar-refractivity contribution in [2.75, 3.05) is 45.3 Å². The monoisotopic (exact) mass is 460 g/mol. The van der Waals surface area contributed by atoms with E-state index in [9.17, 15) is 0 Å². The van der Waals surface area contributed by atoms with Crippen LogP contribution < -0.4 is 15.5 Å². The lowest BCUT2D eigenvalue weighted by Gasteiger charge is -2.32. The van der Waals surface area contributed by atoms with Gasteiger partial charge < -0.3 is 20.3 Å². The maximum absolute atomic E-state index is 5.05. The fourth-order valence-corrected chi connectivity index (χ4v) is 2.92. The number of piperidine rings is 1. The molecule has 0 radical (unpaired) electrons. The Kier molecular flexibility index (Phi) is 10.9. The minimum Gasteiger partial charge on any atom is -0.385 e. The molecule has 5 nitrogen and oxygen atoms in total. The van der Waals surface area contributed by atoms with Gasteiger partial charge >= 0.3 is 0 Å². The van der Waals surface area contributed by atoms with Gasteiger partial charge in [-0.05, 0) is 42.9 Å². The molecule has 142 valence electrons. The second-order valence-corrected chi connectivity index (χ2v) is 6.53. The number of halogens is 1. The highest BCUT2D eigenvalue weighted by atomic mass is 127.